The summed E-state index contributed by atoms with van der Waals surface area (Å²) >= 11 is 0. The van der Waals surface area contributed by atoms with Crippen LogP contribution in [0.3, 0.4) is 0 Å². The molecule has 0 fully saturated rings. The third kappa shape index (κ3) is 1.45. The van der Waals surface area contributed by atoms with Crippen LogP contribution in [0.1, 0.15) is 13.3 Å². The Bertz CT molecular complexity index is 434. The molecule has 2 rings (SSSR count). The first kappa shape index (κ1) is 9.06. The number of hydrogen-bond donors (Lipinski definition) is 0. The maximum Gasteiger partial charge on any atom is 0.177 e. The summed E-state index contributed by atoms with van der Waals surface area (Å²) in [5.74, 6) is 0.840. The number of hydrogen-bond acceptors (Lipinski definition) is 2. The van der Waals surface area contributed by atoms with Gasteiger partial charge < -0.3 is 9.30 Å². The van der Waals surface area contributed by atoms with Gasteiger partial charge in [-0.05, 0) is 18.6 Å². The molecule has 73 valence electrons. The molecule has 0 unspecified atom stereocenters. The Hall–Kier alpha value is -1.51. The summed E-state index contributed by atoms with van der Waals surface area (Å²) < 4.78 is 7.16. The van der Waals surface area contributed by atoms with Crippen molar-refractivity contribution in [1.29, 1.82) is 0 Å². The van der Waals surface area contributed by atoms with Gasteiger partial charge in [0.1, 0.15) is 5.75 Å². The minimum Gasteiger partial charge on any atom is -0.497 e. The van der Waals surface area contributed by atoms with E-state index < -0.39 is 0 Å². The summed E-state index contributed by atoms with van der Waals surface area (Å²) in [5, 5.41) is 0. The van der Waals surface area contributed by atoms with Crippen molar-refractivity contribution in [2.45, 2.75) is 19.9 Å². The van der Waals surface area contributed by atoms with Crippen molar-refractivity contribution in [2.24, 2.45) is 0 Å². The van der Waals surface area contributed by atoms with Crippen molar-refractivity contribution in [3.8, 4) is 5.75 Å². The average Bonchev–Trinajstić information content (AvgIpc) is 2.61. The highest BCUT2D eigenvalue weighted by molar-refractivity contribution is 5.76. The molecule has 0 amide bonds. The molecule has 0 bridgehead atoms. The molecule has 1 aromatic carbocycles. The van der Waals surface area contributed by atoms with Gasteiger partial charge in [0.05, 0.1) is 18.1 Å². The molecule has 0 aliphatic rings. The van der Waals surface area contributed by atoms with Crippen molar-refractivity contribution >= 4 is 11.0 Å². The van der Waals surface area contributed by atoms with E-state index in [4.69, 9.17) is 4.74 Å². The molecule has 1 radical (unpaired) electrons. The highest BCUT2D eigenvalue weighted by atomic mass is 16.5. The molecule has 14 heavy (non-hydrogen) atoms. The minimum absolute atomic E-state index is 0.840. The second kappa shape index (κ2) is 3.70. The van der Waals surface area contributed by atoms with Crippen LogP contribution in [0.5, 0.6) is 5.75 Å². The molecule has 0 saturated carbocycles. The number of nitrogens with zero attached hydrogens (tertiary/aromatic N) is 2. The SMILES string of the molecule is CCCn1[c]nc2cc(OC)ccc21. The fraction of sp³-hybridized carbons (Fsp3) is 0.364. The molecule has 0 atom stereocenters. The van der Waals surface area contributed by atoms with E-state index in [9.17, 15) is 0 Å². The van der Waals surface area contributed by atoms with E-state index in [1.807, 2.05) is 22.8 Å². The summed E-state index contributed by atoms with van der Waals surface area (Å²) in [6.45, 7) is 3.10. The highest BCUT2D eigenvalue weighted by Crippen LogP contribution is 2.19. The lowest BCUT2D eigenvalue weighted by molar-refractivity contribution is 0.415. The van der Waals surface area contributed by atoms with Gasteiger partial charge in [-0.2, -0.15) is 0 Å². The number of ether oxygens (including phenoxy) is 1. The van der Waals surface area contributed by atoms with Crippen LogP contribution < -0.4 is 4.74 Å². The fourth-order valence-electron chi connectivity index (χ4n) is 1.51. The molecular weight excluding hydrogens is 176 g/mol. The van der Waals surface area contributed by atoms with Gasteiger partial charge in [-0.15, -0.1) is 0 Å². The lowest BCUT2D eigenvalue weighted by Gasteiger charge is -2.01. The van der Waals surface area contributed by atoms with Crippen LogP contribution in [0, 0.1) is 6.33 Å². The molecule has 3 nitrogen and oxygen atoms in total. The summed E-state index contributed by atoms with van der Waals surface area (Å²) in [7, 11) is 1.66. The molecule has 0 aliphatic carbocycles. The molecule has 2 aromatic rings. The summed E-state index contributed by atoms with van der Waals surface area (Å²) in [5.41, 5.74) is 2.06. The van der Waals surface area contributed by atoms with Gasteiger partial charge in [-0.3, -0.25) is 0 Å². The van der Waals surface area contributed by atoms with Gasteiger partial charge in [-0.1, -0.05) is 6.92 Å². The number of fused-ring (bicyclic) bond motifs is 1. The number of aryl methyl sites for hydroxylation is 1. The van der Waals surface area contributed by atoms with Gasteiger partial charge in [0, 0.05) is 12.6 Å². The predicted molar refractivity (Wildman–Crippen MR) is 55.4 cm³/mol. The number of aromatic nitrogens is 2. The Kier molecular flexibility index (Phi) is 2.39. The number of imidazole rings is 1. The van der Waals surface area contributed by atoms with Crippen LogP contribution >= 0.6 is 0 Å². The van der Waals surface area contributed by atoms with Crippen LogP contribution in [-0.4, -0.2) is 16.7 Å². The normalized spacial score (nSPS) is 10.7. The van der Waals surface area contributed by atoms with Crippen LogP contribution in [-0.2, 0) is 6.54 Å². The molecule has 1 aromatic heterocycles. The number of methoxy groups -OCH3 is 1. The van der Waals surface area contributed by atoms with E-state index >= 15 is 0 Å². The third-order valence-corrected chi connectivity index (χ3v) is 2.21. The second-order valence-corrected chi connectivity index (χ2v) is 3.22. The van der Waals surface area contributed by atoms with E-state index in [0.29, 0.717) is 0 Å². The highest BCUT2D eigenvalue weighted by Gasteiger charge is 2.03. The van der Waals surface area contributed by atoms with Gasteiger partial charge >= 0.3 is 0 Å². The summed E-state index contributed by atoms with van der Waals surface area (Å²) in [6.07, 6.45) is 4.07. The Morgan fingerprint density at radius 1 is 1.50 bits per heavy atom. The summed E-state index contributed by atoms with van der Waals surface area (Å²) in [6, 6.07) is 5.90. The van der Waals surface area contributed by atoms with Gasteiger partial charge in [-0.25, -0.2) is 4.98 Å². The van der Waals surface area contributed by atoms with Crippen molar-refractivity contribution in [3.05, 3.63) is 24.5 Å². The molecule has 0 aliphatic heterocycles. The van der Waals surface area contributed by atoms with Gasteiger partial charge in [0.15, 0.2) is 6.33 Å². The topological polar surface area (TPSA) is 27.1 Å². The van der Waals surface area contributed by atoms with Crippen LogP contribution in [0.25, 0.3) is 11.0 Å². The largest absolute Gasteiger partial charge is 0.497 e. The van der Waals surface area contributed by atoms with Crippen molar-refractivity contribution in [3.63, 3.8) is 0 Å². The predicted octanol–water partition coefficient (Wildman–Crippen LogP) is 2.26. The molecule has 1 heterocycles. The van der Waals surface area contributed by atoms with Crippen LogP contribution in [0.15, 0.2) is 18.2 Å². The maximum atomic E-state index is 5.13. The maximum absolute atomic E-state index is 5.13. The van der Waals surface area contributed by atoms with Crippen molar-refractivity contribution in [2.75, 3.05) is 7.11 Å². The summed E-state index contributed by atoms with van der Waals surface area (Å²) in [4.78, 5) is 4.20. The van der Waals surface area contributed by atoms with Crippen molar-refractivity contribution in [1.82, 2.24) is 9.55 Å². The monoisotopic (exact) mass is 189 g/mol. The third-order valence-electron chi connectivity index (χ3n) is 2.21. The van der Waals surface area contributed by atoms with E-state index in [2.05, 4.69) is 18.2 Å². The molecule has 0 spiro atoms. The molecular formula is C11H13N2O. The first-order valence-electron chi connectivity index (χ1n) is 4.77. The van der Waals surface area contributed by atoms with E-state index in [-0.39, 0.29) is 0 Å². The molecule has 0 N–H and O–H groups in total. The zero-order valence-electron chi connectivity index (χ0n) is 8.45. The Labute approximate surface area is 83.3 Å². The van der Waals surface area contributed by atoms with E-state index in [0.717, 1.165) is 29.7 Å². The quantitative estimate of drug-likeness (QED) is 0.740. The van der Waals surface area contributed by atoms with Crippen molar-refractivity contribution < 1.29 is 4.74 Å². The fourth-order valence-corrected chi connectivity index (χ4v) is 1.51. The first-order valence-corrected chi connectivity index (χ1v) is 4.77. The molecule has 0 saturated heterocycles. The Morgan fingerprint density at radius 3 is 3.07 bits per heavy atom. The first-order chi connectivity index (χ1) is 6.85. The zero-order chi connectivity index (χ0) is 9.97. The Balaban J connectivity index is 2.48. The Morgan fingerprint density at radius 2 is 2.36 bits per heavy atom. The van der Waals surface area contributed by atoms with E-state index in [1.165, 1.54) is 0 Å². The zero-order valence-corrected chi connectivity index (χ0v) is 8.45. The smallest absolute Gasteiger partial charge is 0.177 e. The number of rotatable bonds is 3. The lowest BCUT2D eigenvalue weighted by atomic mass is 10.3. The van der Waals surface area contributed by atoms with E-state index in [1.54, 1.807) is 7.11 Å². The minimum atomic E-state index is 0.840. The van der Waals surface area contributed by atoms with Crippen LogP contribution in [0.4, 0.5) is 0 Å². The lowest BCUT2D eigenvalue weighted by Crippen LogP contribution is -1.94. The number of benzene rings is 1. The standard InChI is InChI=1S/C11H13N2O/c1-3-6-13-8-12-10-7-9(14-2)4-5-11(10)13/h4-5,7H,3,6H2,1-2H3. The van der Waals surface area contributed by atoms with Gasteiger partial charge in [0.2, 0.25) is 0 Å². The van der Waals surface area contributed by atoms with Crippen LogP contribution in [0.2, 0.25) is 0 Å². The molecule has 3 heteroatoms. The second-order valence-electron chi connectivity index (χ2n) is 3.22. The van der Waals surface area contributed by atoms with Gasteiger partial charge in [0.25, 0.3) is 0 Å². The average molecular weight is 189 g/mol.